The molecule has 3 heteroatoms. The van der Waals surface area contributed by atoms with Gasteiger partial charge in [-0.25, -0.2) is 0 Å². The maximum atomic E-state index is 11.4. The summed E-state index contributed by atoms with van der Waals surface area (Å²) in [7, 11) is 4.25. The second kappa shape index (κ2) is 4.55. The minimum Gasteiger partial charge on any atom is -0.389 e. The molecule has 0 aliphatic heterocycles. The minimum atomic E-state index is -0.505. The average Bonchev–Trinajstić information content (AvgIpc) is 3.04. The molecular weight excluding hydrogens is 278 g/mol. The molecule has 4 rings (SSSR count). The van der Waals surface area contributed by atoms with Crippen molar-refractivity contribution in [2.24, 2.45) is 0 Å². The van der Waals surface area contributed by atoms with E-state index in [0.717, 1.165) is 25.8 Å². The van der Waals surface area contributed by atoms with E-state index in [0.29, 0.717) is 0 Å². The zero-order valence-corrected chi connectivity index (χ0v) is 13.7. The van der Waals surface area contributed by atoms with E-state index in [1.807, 2.05) is 11.3 Å². The molecule has 0 amide bonds. The first-order valence-electron chi connectivity index (χ1n) is 7.92. The van der Waals surface area contributed by atoms with Crippen molar-refractivity contribution in [3.63, 3.8) is 0 Å². The normalized spacial score (nSPS) is 27.0. The fourth-order valence-electron chi connectivity index (χ4n) is 4.64. The van der Waals surface area contributed by atoms with Gasteiger partial charge in [0, 0.05) is 16.7 Å². The van der Waals surface area contributed by atoms with Crippen LogP contribution in [0.15, 0.2) is 23.6 Å². The van der Waals surface area contributed by atoms with Gasteiger partial charge in [0.2, 0.25) is 0 Å². The summed E-state index contributed by atoms with van der Waals surface area (Å²) >= 11 is 1.81. The summed E-state index contributed by atoms with van der Waals surface area (Å²) < 4.78 is 1.36. The zero-order chi connectivity index (χ0) is 14.7. The lowest BCUT2D eigenvalue weighted by atomic mass is 9.54. The molecule has 1 aromatic carbocycles. The summed E-state index contributed by atoms with van der Waals surface area (Å²) in [5, 5.41) is 14.9. The lowest BCUT2D eigenvalue weighted by molar-refractivity contribution is -0.0562. The third-order valence-corrected chi connectivity index (χ3v) is 6.47. The van der Waals surface area contributed by atoms with Crippen molar-refractivity contribution in [1.82, 2.24) is 4.90 Å². The average molecular weight is 301 g/mol. The Hall–Kier alpha value is -0.900. The predicted octanol–water partition coefficient (Wildman–Crippen LogP) is 3.56. The summed E-state index contributed by atoms with van der Waals surface area (Å²) in [6, 6.07) is 6.91. The Kier molecular flexibility index (Phi) is 2.97. The monoisotopic (exact) mass is 301 g/mol. The standard InChI is InChI=1S/C18H23NOS/c1-19(2)12-17(18(20)6-3-4-7-18)11-14-9-13-5-8-21-16(13)10-15(14)17/h5,8-10,20H,3-4,6-7,11-12H2,1-2H3. The van der Waals surface area contributed by atoms with Crippen LogP contribution in [0.2, 0.25) is 0 Å². The van der Waals surface area contributed by atoms with E-state index in [2.05, 4.69) is 42.6 Å². The first-order chi connectivity index (χ1) is 10.0. The molecule has 2 aliphatic rings. The quantitative estimate of drug-likeness (QED) is 0.937. The molecule has 1 heterocycles. The van der Waals surface area contributed by atoms with Gasteiger partial charge in [0.25, 0.3) is 0 Å². The first kappa shape index (κ1) is 13.7. The smallest absolute Gasteiger partial charge is 0.0759 e. The molecule has 2 aromatic rings. The highest BCUT2D eigenvalue weighted by molar-refractivity contribution is 7.17. The number of thiophene rings is 1. The second-order valence-electron chi connectivity index (χ2n) is 7.20. The molecule has 1 unspecified atom stereocenters. The number of nitrogens with zero attached hydrogens (tertiary/aromatic N) is 1. The molecule has 1 aromatic heterocycles. The zero-order valence-electron chi connectivity index (χ0n) is 12.9. The number of hydrogen-bond donors (Lipinski definition) is 1. The Balaban J connectivity index is 1.85. The van der Waals surface area contributed by atoms with E-state index < -0.39 is 5.60 Å². The summed E-state index contributed by atoms with van der Waals surface area (Å²) in [6.07, 6.45) is 5.29. The highest BCUT2D eigenvalue weighted by atomic mass is 32.1. The van der Waals surface area contributed by atoms with Crippen LogP contribution in [-0.4, -0.2) is 36.2 Å². The van der Waals surface area contributed by atoms with Crippen molar-refractivity contribution >= 4 is 21.4 Å². The van der Waals surface area contributed by atoms with Crippen LogP contribution in [0, 0.1) is 0 Å². The summed E-state index contributed by atoms with van der Waals surface area (Å²) in [5.74, 6) is 0. The Bertz CT molecular complexity index is 684. The van der Waals surface area contributed by atoms with E-state index in [9.17, 15) is 5.11 Å². The Morgan fingerprint density at radius 1 is 1.24 bits per heavy atom. The van der Waals surface area contributed by atoms with Gasteiger partial charge in [-0.3, -0.25) is 0 Å². The molecule has 1 saturated carbocycles. The number of fused-ring (bicyclic) bond motifs is 2. The third-order valence-electron chi connectivity index (χ3n) is 5.59. The summed E-state index contributed by atoms with van der Waals surface area (Å²) in [5.41, 5.74) is 2.30. The molecule has 21 heavy (non-hydrogen) atoms. The summed E-state index contributed by atoms with van der Waals surface area (Å²) in [4.78, 5) is 2.25. The van der Waals surface area contributed by atoms with E-state index >= 15 is 0 Å². The highest BCUT2D eigenvalue weighted by Crippen LogP contribution is 2.55. The topological polar surface area (TPSA) is 23.5 Å². The van der Waals surface area contributed by atoms with Crippen LogP contribution >= 0.6 is 11.3 Å². The Labute approximate surface area is 130 Å². The van der Waals surface area contributed by atoms with Gasteiger partial charge in [0.1, 0.15) is 0 Å². The molecule has 2 nitrogen and oxygen atoms in total. The van der Waals surface area contributed by atoms with Crippen molar-refractivity contribution in [2.45, 2.75) is 43.1 Å². The molecule has 1 fully saturated rings. The van der Waals surface area contributed by atoms with Gasteiger partial charge >= 0.3 is 0 Å². The van der Waals surface area contributed by atoms with Crippen LogP contribution in [0.25, 0.3) is 10.1 Å². The lowest BCUT2D eigenvalue weighted by Gasteiger charge is -2.54. The van der Waals surface area contributed by atoms with Gasteiger partial charge in [-0.05, 0) is 73.5 Å². The van der Waals surface area contributed by atoms with Crippen LogP contribution in [0.4, 0.5) is 0 Å². The highest BCUT2D eigenvalue weighted by Gasteiger charge is 2.58. The number of likely N-dealkylation sites (N-methyl/N-ethyl adjacent to an activating group) is 1. The van der Waals surface area contributed by atoms with Crippen LogP contribution in [0.1, 0.15) is 36.8 Å². The number of benzene rings is 1. The summed E-state index contributed by atoms with van der Waals surface area (Å²) in [6.45, 7) is 0.952. The fourth-order valence-corrected chi connectivity index (χ4v) is 5.45. The maximum absolute atomic E-state index is 11.4. The van der Waals surface area contributed by atoms with Crippen molar-refractivity contribution < 1.29 is 5.11 Å². The van der Waals surface area contributed by atoms with E-state index in [1.165, 1.54) is 34.1 Å². The SMILES string of the molecule is CN(C)CC1(C2(O)CCCC2)Cc2cc3ccsc3cc21. The van der Waals surface area contributed by atoms with Crippen molar-refractivity contribution in [1.29, 1.82) is 0 Å². The molecule has 1 atom stereocenters. The molecule has 2 aliphatic carbocycles. The molecule has 0 radical (unpaired) electrons. The van der Waals surface area contributed by atoms with Crippen LogP contribution < -0.4 is 0 Å². The first-order valence-corrected chi connectivity index (χ1v) is 8.80. The van der Waals surface area contributed by atoms with Gasteiger partial charge < -0.3 is 10.0 Å². The molecule has 0 bridgehead atoms. The van der Waals surface area contributed by atoms with Crippen LogP contribution in [-0.2, 0) is 11.8 Å². The van der Waals surface area contributed by atoms with E-state index in [4.69, 9.17) is 0 Å². The number of rotatable bonds is 3. The maximum Gasteiger partial charge on any atom is 0.0759 e. The number of hydrogen-bond acceptors (Lipinski definition) is 3. The molecule has 0 spiro atoms. The molecule has 0 saturated heterocycles. The third kappa shape index (κ3) is 1.84. The Morgan fingerprint density at radius 2 is 2.00 bits per heavy atom. The van der Waals surface area contributed by atoms with Crippen molar-refractivity contribution in [2.75, 3.05) is 20.6 Å². The molecular formula is C18H23NOS. The van der Waals surface area contributed by atoms with Gasteiger partial charge in [0.15, 0.2) is 0 Å². The Morgan fingerprint density at radius 3 is 2.71 bits per heavy atom. The van der Waals surface area contributed by atoms with E-state index in [1.54, 1.807) is 0 Å². The van der Waals surface area contributed by atoms with Crippen molar-refractivity contribution in [3.05, 3.63) is 34.7 Å². The predicted molar refractivity (Wildman–Crippen MR) is 89.2 cm³/mol. The van der Waals surface area contributed by atoms with Gasteiger partial charge in [-0.15, -0.1) is 11.3 Å². The largest absolute Gasteiger partial charge is 0.389 e. The van der Waals surface area contributed by atoms with Crippen LogP contribution in [0.5, 0.6) is 0 Å². The second-order valence-corrected chi connectivity index (χ2v) is 8.15. The van der Waals surface area contributed by atoms with Crippen molar-refractivity contribution in [3.8, 4) is 0 Å². The van der Waals surface area contributed by atoms with E-state index in [-0.39, 0.29) is 5.41 Å². The van der Waals surface area contributed by atoms with Gasteiger partial charge in [-0.2, -0.15) is 0 Å². The molecule has 112 valence electrons. The van der Waals surface area contributed by atoms with Crippen LogP contribution in [0.3, 0.4) is 0 Å². The number of aliphatic hydroxyl groups is 1. The van der Waals surface area contributed by atoms with Gasteiger partial charge in [-0.1, -0.05) is 12.8 Å². The fraction of sp³-hybridized carbons (Fsp3) is 0.556. The van der Waals surface area contributed by atoms with Gasteiger partial charge in [0.05, 0.1) is 5.60 Å². The minimum absolute atomic E-state index is 0.0550. The lowest BCUT2D eigenvalue weighted by Crippen LogP contribution is -2.61. The molecule has 1 N–H and O–H groups in total.